The monoisotopic (exact) mass is 277 g/mol. The molecule has 0 aromatic carbocycles. The predicted molar refractivity (Wildman–Crippen MR) is 74.5 cm³/mol. The largest absolute Gasteiger partial charge is 0.391 e. The lowest BCUT2D eigenvalue weighted by atomic mass is 9.83. The molecule has 4 nitrogen and oxygen atoms in total. The third kappa shape index (κ3) is 3.68. The zero-order valence-corrected chi connectivity index (χ0v) is 12.7. The Bertz CT molecular complexity index is 343. The van der Waals surface area contributed by atoms with E-state index in [0.717, 1.165) is 25.9 Å². The van der Waals surface area contributed by atoms with E-state index in [2.05, 4.69) is 18.7 Å². The van der Waals surface area contributed by atoms with Crippen LogP contribution in [0, 0.1) is 0 Å². The quantitative estimate of drug-likeness (QED) is 0.765. The number of rotatable bonds is 7. The van der Waals surface area contributed by atoms with E-state index in [1.165, 1.54) is 19.1 Å². The Kier molecular flexibility index (Phi) is 5.62. The van der Waals surface area contributed by atoms with E-state index in [1.807, 2.05) is 0 Å². The summed E-state index contributed by atoms with van der Waals surface area (Å²) >= 11 is 0. The highest BCUT2D eigenvalue weighted by Gasteiger charge is 2.41. The third-order valence-electron chi connectivity index (χ3n) is 4.34. The second kappa shape index (κ2) is 6.35. The molecule has 5 heteroatoms. The second-order valence-electron chi connectivity index (χ2n) is 5.44. The van der Waals surface area contributed by atoms with E-state index >= 15 is 0 Å². The zero-order chi connectivity index (χ0) is 13.8. The maximum absolute atomic E-state index is 11.2. The van der Waals surface area contributed by atoms with Gasteiger partial charge in [-0.15, -0.1) is 0 Å². The first-order chi connectivity index (χ1) is 8.35. The van der Waals surface area contributed by atoms with Crippen molar-refractivity contribution in [3.8, 4) is 0 Å². The van der Waals surface area contributed by atoms with Gasteiger partial charge in [-0.05, 0) is 45.2 Å². The van der Waals surface area contributed by atoms with Crippen LogP contribution in [-0.2, 0) is 9.84 Å². The molecule has 0 spiro atoms. The lowest BCUT2D eigenvalue weighted by molar-refractivity contribution is -0.0286. The van der Waals surface area contributed by atoms with Crippen LogP contribution in [0.4, 0.5) is 0 Å². The van der Waals surface area contributed by atoms with Crippen LogP contribution in [0.5, 0.6) is 0 Å². The van der Waals surface area contributed by atoms with Crippen LogP contribution in [0.15, 0.2) is 0 Å². The highest BCUT2D eigenvalue weighted by molar-refractivity contribution is 7.90. The van der Waals surface area contributed by atoms with Crippen molar-refractivity contribution in [2.75, 3.05) is 25.1 Å². The Labute approximate surface area is 111 Å². The lowest BCUT2D eigenvalue weighted by Crippen LogP contribution is -2.55. The molecule has 0 aromatic rings. The van der Waals surface area contributed by atoms with Crippen molar-refractivity contribution in [1.82, 2.24) is 4.90 Å². The van der Waals surface area contributed by atoms with E-state index < -0.39 is 15.9 Å². The van der Waals surface area contributed by atoms with Gasteiger partial charge >= 0.3 is 0 Å². The van der Waals surface area contributed by atoms with E-state index in [4.69, 9.17) is 0 Å². The molecular weight excluding hydrogens is 250 g/mol. The molecule has 0 amide bonds. The van der Waals surface area contributed by atoms with Gasteiger partial charge in [-0.1, -0.05) is 13.8 Å². The molecule has 0 aromatic heterocycles. The molecule has 108 valence electrons. The first-order valence-electron chi connectivity index (χ1n) is 6.96. The Balaban J connectivity index is 2.76. The van der Waals surface area contributed by atoms with Crippen LogP contribution in [0.1, 0.15) is 46.0 Å². The maximum Gasteiger partial charge on any atom is 0.147 e. The molecule has 1 saturated heterocycles. The number of aliphatic hydroxyl groups is 1. The molecule has 1 atom stereocenters. The summed E-state index contributed by atoms with van der Waals surface area (Å²) in [6.07, 6.45) is 5.12. The Morgan fingerprint density at radius 3 is 2.11 bits per heavy atom. The summed E-state index contributed by atoms with van der Waals surface area (Å²) < 4.78 is 22.5. The fourth-order valence-electron chi connectivity index (χ4n) is 3.14. The molecule has 0 bridgehead atoms. The Morgan fingerprint density at radius 2 is 1.72 bits per heavy atom. The average molecular weight is 277 g/mol. The molecule has 1 aliphatic heterocycles. The SMILES string of the molecule is CCC(CC)(C(O)CCS(C)(=O)=O)N1CCCC1. The summed E-state index contributed by atoms with van der Waals surface area (Å²) in [6, 6.07) is 0. The second-order valence-corrected chi connectivity index (χ2v) is 7.70. The maximum atomic E-state index is 11.2. The molecule has 1 unspecified atom stereocenters. The van der Waals surface area contributed by atoms with Crippen molar-refractivity contribution >= 4 is 9.84 Å². The van der Waals surface area contributed by atoms with Crippen LogP contribution in [0.3, 0.4) is 0 Å². The number of nitrogens with zero attached hydrogens (tertiary/aromatic N) is 1. The average Bonchev–Trinajstić information content (AvgIpc) is 2.82. The topological polar surface area (TPSA) is 57.6 Å². The molecule has 1 heterocycles. The minimum Gasteiger partial charge on any atom is -0.391 e. The van der Waals surface area contributed by atoms with E-state index in [9.17, 15) is 13.5 Å². The summed E-state index contributed by atoms with van der Waals surface area (Å²) in [6.45, 7) is 6.23. The number of sulfone groups is 1. The van der Waals surface area contributed by atoms with Gasteiger partial charge < -0.3 is 5.11 Å². The van der Waals surface area contributed by atoms with E-state index in [1.54, 1.807) is 0 Å². The fourth-order valence-corrected chi connectivity index (χ4v) is 3.79. The van der Waals surface area contributed by atoms with Crippen LogP contribution in [-0.4, -0.2) is 55.2 Å². The van der Waals surface area contributed by atoms with E-state index in [0.29, 0.717) is 6.42 Å². The third-order valence-corrected chi connectivity index (χ3v) is 5.32. The molecule has 1 N–H and O–H groups in total. The van der Waals surface area contributed by atoms with E-state index in [-0.39, 0.29) is 11.3 Å². The number of hydrogen-bond donors (Lipinski definition) is 1. The standard InChI is InChI=1S/C13H27NO3S/c1-4-13(5-2,14-9-6-7-10-14)12(15)8-11-18(3,16)17/h12,15H,4-11H2,1-3H3. The van der Waals surface area contributed by atoms with Gasteiger partial charge in [0.1, 0.15) is 9.84 Å². The smallest absolute Gasteiger partial charge is 0.147 e. The first-order valence-corrected chi connectivity index (χ1v) is 9.02. The van der Waals surface area contributed by atoms with Gasteiger partial charge in [-0.3, -0.25) is 4.90 Å². The van der Waals surface area contributed by atoms with Crippen LogP contribution < -0.4 is 0 Å². The Hall–Kier alpha value is -0.130. The summed E-state index contributed by atoms with van der Waals surface area (Å²) in [7, 11) is -3.00. The van der Waals surface area contributed by atoms with Crippen molar-refractivity contribution in [1.29, 1.82) is 0 Å². The molecule has 1 aliphatic rings. The fraction of sp³-hybridized carbons (Fsp3) is 1.00. The Morgan fingerprint density at radius 1 is 1.22 bits per heavy atom. The van der Waals surface area contributed by atoms with Crippen molar-refractivity contribution in [2.24, 2.45) is 0 Å². The number of likely N-dealkylation sites (tertiary alicyclic amines) is 1. The van der Waals surface area contributed by atoms with Gasteiger partial charge in [0.2, 0.25) is 0 Å². The van der Waals surface area contributed by atoms with Crippen molar-refractivity contribution < 1.29 is 13.5 Å². The first kappa shape index (κ1) is 15.9. The van der Waals surface area contributed by atoms with Crippen molar-refractivity contribution in [3.63, 3.8) is 0 Å². The van der Waals surface area contributed by atoms with Gasteiger partial charge in [-0.25, -0.2) is 8.42 Å². The van der Waals surface area contributed by atoms with Crippen LogP contribution >= 0.6 is 0 Å². The highest BCUT2D eigenvalue weighted by atomic mass is 32.2. The van der Waals surface area contributed by atoms with Gasteiger partial charge in [-0.2, -0.15) is 0 Å². The lowest BCUT2D eigenvalue weighted by Gasteiger charge is -2.44. The zero-order valence-electron chi connectivity index (χ0n) is 11.9. The number of hydrogen-bond acceptors (Lipinski definition) is 4. The summed E-state index contributed by atoms with van der Waals surface area (Å²) in [5.74, 6) is 0.0732. The molecule has 0 saturated carbocycles. The molecular formula is C13H27NO3S. The molecule has 18 heavy (non-hydrogen) atoms. The van der Waals surface area contributed by atoms with Gasteiger partial charge in [0.15, 0.2) is 0 Å². The molecule has 1 rings (SSSR count). The van der Waals surface area contributed by atoms with Gasteiger partial charge in [0.25, 0.3) is 0 Å². The molecule has 0 radical (unpaired) electrons. The molecule has 1 fully saturated rings. The minimum atomic E-state index is -3.00. The number of aliphatic hydroxyl groups excluding tert-OH is 1. The summed E-state index contributed by atoms with van der Waals surface area (Å²) in [5.41, 5.74) is -0.235. The predicted octanol–water partition coefficient (Wildman–Crippen LogP) is 1.44. The van der Waals surface area contributed by atoms with Crippen molar-refractivity contribution in [3.05, 3.63) is 0 Å². The van der Waals surface area contributed by atoms with Gasteiger partial charge in [0.05, 0.1) is 11.9 Å². The van der Waals surface area contributed by atoms with Crippen molar-refractivity contribution in [2.45, 2.75) is 57.6 Å². The van der Waals surface area contributed by atoms with Crippen LogP contribution in [0.2, 0.25) is 0 Å². The minimum absolute atomic E-state index is 0.0732. The summed E-state index contributed by atoms with van der Waals surface area (Å²) in [4.78, 5) is 2.36. The normalized spacial score (nSPS) is 20.2. The summed E-state index contributed by atoms with van der Waals surface area (Å²) in [5, 5.41) is 10.5. The molecule has 0 aliphatic carbocycles. The highest BCUT2D eigenvalue weighted by Crippen LogP contribution is 2.33. The van der Waals surface area contributed by atoms with Gasteiger partial charge in [0, 0.05) is 11.8 Å². The van der Waals surface area contributed by atoms with Crippen LogP contribution in [0.25, 0.3) is 0 Å².